The van der Waals surface area contributed by atoms with E-state index in [0.29, 0.717) is 12.1 Å². The first-order chi connectivity index (χ1) is 14.6. The molecule has 0 spiro atoms. The molecule has 1 saturated heterocycles. The van der Waals surface area contributed by atoms with Crippen LogP contribution < -0.4 is 4.74 Å². The summed E-state index contributed by atoms with van der Waals surface area (Å²) in [5.41, 5.74) is 1.57. The molecule has 3 aromatic rings. The predicted octanol–water partition coefficient (Wildman–Crippen LogP) is 3.83. The number of thioether (sulfide) groups is 1. The van der Waals surface area contributed by atoms with Crippen molar-refractivity contribution in [2.75, 3.05) is 33.4 Å². The van der Waals surface area contributed by atoms with Crippen molar-refractivity contribution in [1.29, 1.82) is 0 Å². The molecule has 7 heteroatoms. The van der Waals surface area contributed by atoms with Gasteiger partial charge in [0.2, 0.25) is 0 Å². The molecule has 1 fully saturated rings. The number of aromatic nitrogens is 2. The van der Waals surface area contributed by atoms with Gasteiger partial charge in [-0.05, 0) is 37.3 Å². The fourth-order valence-electron chi connectivity index (χ4n) is 3.42. The number of rotatable bonds is 7. The Bertz CT molecular complexity index is 1020. The number of ketones is 1. The van der Waals surface area contributed by atoms with Gasteiger partial charge >= 0.3 is 0 Å². The number of ether oxygens (including phenoxy) is 2. The normalized spacial score (nSPS) is 15.8. The van der Waals surface area contributed by atoms with E-state index >= 15 is 0 Å². The molecule has 0 unspecified atom stereocenters. The lowest BCUT2D eigenvalue weighted by Gasteiger charge is -2.26. The fourth-order valence-corrected chi connectivity index (χ4v) is 4.46. The van der Waals surface area contributed by atoms with Crippen LogP contribution in [0.15, 0.2) is 53.6 Å². The summed E-state index contributed by atoms with van der Waals surface area (Å²) in [7, 11) is 1.62. The smallest absolute Gasteiger partial charge is 0.175 e. The molecule has 6 nitrogen and oxygen atoms in total. The first-order valence-electron chi connectivity index (χ1n) is 10.0. The fraction of sp³-hybridized carbons (Fsp3) is 0.348. The van der Waals surface area contributed by atoms with Gasteiger partial charge in [0.1, 0.15) is 16.6 Å². The van der Waals surface area contributed by atoms with E-state index in [1.807, 2.05) is 43.3 Å². The van der Waals surface area contributed by atoms with E-state index in [2.05, 4.69) is 4.90 Å². The second-order valence-electron chi connectivity index (χ2n) is 7.20. The van der Waals surface area contributed by atoms with Crippen molar-refractivity contribution < 1.29 is 14.3 Å². The summed E-state index contributed by atoms with van der Waals surface area (Å²) in [6.07, 6.45) is 0. The summed E-state index contributed by atoms with van der Waals surface area (Å²) in [5.74, 6) is 1.59. The number of benzene rings is 2. The topological polar surface area (TPSA) is 64.5 Å². The van der Waals surface area contributed by atoms with Crippen LogP contribution in [0, 0.1) is 0 Å². The molecule has 0 aliphatic carbocycles. The van der Waals surface area contributed by atoms with Gasteiger partial charge in [0.25, 0.3) is 0 Å². The van der Waals surface area contributed by atoms with Crippen molar-refractivity contribution >= 4 is 28.4 Å². The number of nitrogens with zero attached hydrogens (tertiary/aromatic N) is 3. The monoisotopic (exact) mass is 423 g/mol. The van der Waals surface area contributed by atoms with Crippen molar-refractivity contribution in [2.45, 2.75) is 23.7 Å². The zero-order chi connectivity index (χ0) is 20.9. The Kier molecular flexibility index (Phi) is 6.62. The molecule has 2 aromatic carbocycles. The van der Waals surface area contributed by atoms with Gasteiger partial charge in [0.05, 0.1) is 37.6 Å². The number of morpholine rings is 1. The van der Waals surface area contributed by atoms with E-state index in [-0.39, 0.29) is 11.0 Å². The summed E-state index contributed by atoms with van der Waals surface area (Å²) in [6, 6.07) is 15.2. The van der Waals surface area contributed by atoms with Gasteiger partial charge in [-0.3, -0.25) is 9.69 Å². The number of fused-ring (bicyclic) bond motifs is 1. The van der Waals surface area contributed by atoms with Crippen molar-refractivity contribution in [3.05, 3.63) is 59.9 Å². The third-order valence-corrected chi connectivity index (χ3v) is 6.22. The number of carbonyl (C=O) groups is 1. The Morgan fingerprint density at radius 3 is 2.60 bits per heavy atom. The Balaban J connectivity index is 1.57. The molecule has 0 N–H and O–H groups in total. The number of methoxy groups -OCH3 is 1. The maximum Gasteiger partial charge on any atom is 0.175 e. The lowest BCUT2D eigenvalue weighted by Crippen LogP contribution is -2.36. The second-order valence-corrected chi connectivity index (χ2v) is 8.53. The summed E-state index contributed by atoms with van der Waals surface area (Å²) in [5, 5.41) is 1.55. The van der Waals surface area contributed by atoms with E-state index in [9.17, 15) is 4.79 Å². The van der Waals surface area contributed by atoms with E-state index < -0.39 is 0 Å². The molecule has 1 atom stereocenters. The van der Waals surface area contributed by atoms with E-state index in [4.69, 9.17) is 19.4 Å². The minimum atomic E-state index is -0.270. The standard InChI is InChI=1S/C23H25N3O3S/c1-16(22(27)17-7-9-18(28-2)10-8-17)30-23-19-5-3-4-6-20(19)24-21(25-23)15-26-11-13-29-14-12-26/h3-10,16H,11-15H2,1-2H3/t16-/m0/s1. The van der Waals surface area contributed by atoms with Gasteiger partial charge in [0.15, 0.2) is 5.78 Å². The molecule has 1 aliphatic heterocycles. The first kappa shape index (κ1) is 20.8. The average molecular weight is 424 g/mol. The molecule has 0 bridgehead atoms. The van der Waals surface area contributed by atoms with Gasteiger partial charge in [0, 0.05) is 24.0 Å². The van der Waals surface area contributed by atoms with E-state index in [0.717, 1.165) is 53.8 Å². The summed E-state index contributed by atoms with van der Waals surface area (Å²) < 4.78 is 10.6. The first-order valence-corrected chi connectivity index (χ1v) is 10.9. The molecule has 30 heavy (non-hydrogen) atoms. The summed E-state index contributed by atoms with van der Waals surface area (Å²) in [6.45, 7) is 5.85. The molecule has 4 rings (SSSR count). The van der Waals surface area contributed by atoms with Crippen LogP contribution in [0.25, 0.3) is 10.9 Å². The van der Waals surface area contributed by atoms with Crippen LogP contribution in [-0.4, -0.2) is 59.3 Å². The molecular weight excluding hydrogens is 398 g/mol. The highest BCUT2D eigenvalue weighted by Crippen LogP contribution is 2.30. The minimum absolute atomic E-state index is 0.0695. The van der Waals surface area contributed by atoms with E-state index in [1.165, 1.54) is 11.8 Å². The number of hydrogen-bond acceptors (Lipinski definition) is 7. The highest BCUT2D eigenvalue weighted by molar-refractivity contribution is 8.00. The molecule has 1 aliphatic rings. The lowest BCUT2D eigenvalue weighted by molar-refractivity contribution is 0.0330. The third kappa shape index (κ3) is 4.80. The molecule has 0 amide bonds. The zero-order valence-electron chi connectivity index (χ0n) is 17.2. The Hall–Kier alpha value is -2.48. The zero-order valence-corrected chi connectivity index (χ0v) is 18.0. The van der Waals surface area contributed by atoms with Crippen LogP contribution in [0.5, 0.6) is 5.75 Å². The second kappa shape index (κ2) is 9.55. The Morgan fingerprint density at radius 2 is 1.87 bits per heavy atom. The number of para-hydroxylation sites is 1. The van der Waals surface area contributed by atoms with Crippen molar-refractivity contribution in [1.82, 2.24) is 14.9 Å². The van der Waals surface area contributed by atoms with Gasteiger partial charge < -0.3 is 9.47 Å². The van der Waals surface area contributed by atoms with Gasteiger partial charge in [-0.2, -0.15) is 0 Å². The van der Waals surface area contributed by atoms with Gasteiger partial charge in [-0.1, -0.05) is 30.0 Å². The highest BCUT2D eigenvalue weighted by atomic mass is 32.2. The SMILES string of the molecule is COc1ccc(C(=O)[C@H](C)Sc2nc(CN3CCOCC3)nc3ccccc23)cc1. The number of Topliss-reactive ketones (excluding diaryl/α,β-unsaturated/α-hetero) is 1. The maximum absolute atomic E-state index is 13.0. The number of carbonyl (C=O) groups excluding carboxylic acids is 1. The summed E-state index contributed by atoms with van der Waals surface area (Å²) >= 11 is 1.49. The quantitative estimate of drug-likeness (QED) is 0.325. The van der Waals surface area contributed by atoms with Crippen LogP contribution in [0.1, 0.15) is 23.1 Å². The molecule has 1 aromatic heterocycles. The Labute approximate surface area is 180 Å². The number of hydrogen-bond donors (Lipinski definition) is 0. The molecular formula is C23H25N3O3S. The molecule has 0 saturated carbocycles. The van der Waals surface area contributed by atoms with Gasteiger partial charge in [-0.15, -0.1) is 0 Å². The van der Waals surface area contributed by atoms with Crippen molar-refractivity contribution in [2.24, 2.45) is 0 Å². The van der Waals surface area contributed by atoms with Crippen LogP contribution in [-0.2, 0) is 11.3 Å². The summed E-state index contributed by atoms with van der Waals surface area (Å²) in [4.78, 5) is 24.8. The Morgan fingerprint density at radius 1 is 1.13 bits per heavy atom. The highest BCUT2D eigenvalue weighted by Gasteiger charge is 2.20. The van der Waals surface area contributed by atoms with Crippen molar-refractivity contribution in [3.63, 3.8) is 0 Å². The molecule has 0 radical (unpaired) electrons. The lowest BCUT2D eigenvalue weighted by atomic mass is 10.1. The van der Waals surface area contributed by atoms with Crippen LogP contribution >= 0.6 is 11.8 Å². The van der Waals surface area contributed by atoms with E-state index in [1.54, 1.807) is 19.2 Å². The maximum atomic E-state index is 13.0. The average Bonchev–Trinajstić information content (AvgIpc) is 2.79. The van der Waals surface area contributed by atoms with Crippen LogP contribution in [0.3, 0.4) is 0 Å². The minimum Gasteiger partial charge on any atom is -0.497 e. The largest absolute Gasteiger partial charge is 0.497 e. The van der Waals surface area contributed by atoms with Crippen LogP contribution in [0.2, 0.25) is 0 Å². The molecule has 156 valence electrons. The van der Waals surface area contributed by atoms with Gasteiger partial charge in [-0.25, -0.2) is 9.97 Å². The van der Waals surface area contributed by atoms with Crippen molar-refractivity contribution in [3.8, 4) is 5.75 Å². The molecule has 2 heterocycles. The van der Waals surface area contributed by atoms with Crippen LogP contribution in [0.4, 0.5) is 0 Å². The third-order valence-electron chi connectivity index (χ3n) is 5.12. The predicted molar refractivity (Wildman–Crippen MR) is 118 cm³/mol.